The topological polar surface area (TPSA) is 108 Å². The van der Waals surface area contributed by atoms with Crippen LogP contribution in [0.3, 0.4) is 0 Å². The van der Waals surface area contributed by atoms with E-state index in [1.807, 2.05) is 13.1 Å². The number of azide groups is 1. The molecule has 0 aromatic heterocycles. The van der Waals surface area contributed by atoms with E-state index in [1.54, 1.807) is 6.92 Å². The zero-order chi connectivity index (χ0) is 15.7. The molecule has 1 fully saturated rings. The third-order valence-corrected chi connectivity index (χ3v) is 8.64. The van der Waals surface area contributed by atoms with E-state index >= 15 is 0 Å². The van der Waals surface area contributed by atoms with Gasteiger partial charge in [-0.15, -0.1) is 0 Å². The fourth-order valence-electron chi connectivity index (χ4n) is 1.76. The number of hydrogen-bond donors (Lipinski definition) is 2. The minimum Gasteiger partial charge on any atom is -0.392 e. The van der Waals surface area contributed by atoms with Crippen LogP contribution in [0.4, 0.5) is 0 Å². The van der Waals surface area contributed by atoms with Gasteiger partial charge >= 0.3 is 0 Å². The highest BCUT2D eigenvalue weighted by atomic mass is 28.4. The van der Waals surface area contributed by atoms with Crippen molar-refractivity contribution in [3.63, 3.8) is 0 Å². The maximum atomic E-state index is 10.0. The highest BCUT2D eigenvalue weighted by Crippen LogP contribution is 2.39. The van der Waals surface area contributed by atoms with Gasteiger partial charge in [-0.2, -0.15) is 0 Å². The molecule has 1 saturated heterocycles. The second-order valence-corrected chi connectivity index (χ2v) is 11.5. The molecular weight excluding hydrogens is 278 g/mol. The summed E-state index contributed by atoms with van der Waals surface area (Å²) < 4.78 is 11.7. The van der Waals surface area contributed by atoms with Crippen molar-refractivity contribution < 1.29 is 19.4 Å². The van der Waals surface area contributed by atoms with Crippen LogP contribution in [0, 0.1) is 0 Å². The Kier molecular flexibility index (Phi) is 5.23. The number of nitrogens with zero attached hydrogens (tertiary/aromatic N) is 3. The molecule has 5 atom stereocenters. The highest BCUT2D eigenvalue weighted by Gasteiger charge is 2.47. The predicted octanol–water partition coefficient (Wildman–Crippen LogP) is 2.15. The Bertz CT molecular complexity index is 393. The monoisotopic (exact) mass is 303 g/mol. The van der Waals surface area contributed by atoms with E-state index in [-0.39, 0.29) is 5.04 Å². The lowest BCUT2D eigenvalue weighted by molar-refractivity contribution is -0.230. The van der Waals surface area contributed by atoms with Crippen LogP contribution in [0.2, 0.25) is 18.1 Å². The minimum atomic E-state index is -2.15. The van der Waals surface area contributed by atoms with Gasteiger partial charge in [-0.1, -0.05) is 25.9 Å². The molecule has 0 amide bonds. The predicted molar refractivity (Wildman–Crippen MR) is 77.6 cm³/mol. The summed E-state index contributed by atoms with van der Waals surface area (Å²) in [5, 5.41) is 23.4. The van der Waals surface area contributed by atoms with Crippen LogP contribution in [-0.2, 0) is 9.16 Å². The van der Waals surface area contributed by atoms with Crippen LogP contribution in [0.25, 0.3) is 10.4 Å². The number of aliphatic hydroxyl groups is 2. The van der Waals surface area contributed by atoms with E-state index in [4.69, 9.17) is 14.7 Å². The lowest BCUT2D eigenvalue weighted by Gasteiger charge is -2.45. The molecule has 0 radical (unpaired) electrons. The molecule has 1 heterocycles. The minimum absolute atomic E-state index is 0.0402. The Morgan fingerprint density at radius 2 is 1.80 bits per heavy atom. The molecule has 116 valence electrons. The first-order valence-corrected chi connectivity index (χ1v) is 9.65. The van der Waals surface area contributed by atoms with Crippen molar-refractivity contribution in [3.05, 3.63) is 10.4 Å². The molecule has 0 unspecified atom stereocenters. The zero-order valence-electron chi connectivity index (χ0n) is 12.9. The van der Waals surface area contributed by atoms with Gasteiger partial charge in [0.15, 0.2) is 14.6 Å². The van der Waals surface area contributed by atoms with Crippen molar-refractivity contribution in [3.8, 4) is 0 Å². The smallest absolute Gasteiger partial charge is 0.195 e. The van der Waals surface area contributed by atoms with Crippen molar-refractivity contribution in [1.82, 2.24) is 0 Å². The average Bonchev–Trinajstić information content (AvgIpc) is 2.29. The first-order valence-electron chi connectivity index (χ1n) is 6.75. The summed E-state index contributed by atoms with van der Waals surface area (Å²) in [6, 6.07) is -0.944. The van der Waals surface area contributed by atoms with Gasteiger partial charge in [0, 0.05) is 4.91 Å². The van der Waals surface area contributed by atoms with Crippen LogP contribution in [-0.4, -0.2) is 49.2 Å². The maximum Gasteiger partial charge on any atom is 0.195 e. The molecule has 2 N–H and O–H groups in total. The molecule has 0 aromatic carbocycles. The number of aliphatic hydroxyl groups excluding tert-OH is 2. The first-order chi connectivity index (χ1) is 9.01. The van der Waals surface area contributed by atoms with E-state index in [0.29, 0.717) is 0 Å². The summed E-state index contributed by atoms with van der Waals surface area (Å²) in [6.45, 7) is 12.0. The summed E-state index contributed by atoms with van der Waals surface area (Å²) in [5.41, 5.74) is 8.63. The van der Waals surface area contributed by atoms with Crippen LogP contribution in [0.15, 0.2) is 5.11 Å². The molecular formula is C12H25N3O4Si. The van der Waals surface area contributed by atoms with Crippen LogP contribution < -0.4 is 0 Å². The molecule has 0 saturated carbocycles. The lowest BCUT2D eigenvalue weighted by Crippen LogP contribution is -2.59. The fourth-order valence-corrected chi connectivity index (χ4v) is 2.89. The zero-order valence-corrected chi connectivity index (χ0v) is 13.9. The van der Waals surface area contributed by atoms with Crippen molar-refractivity contribution in [2.45, 2.75) is 76.5 Å². The normalized spacial score (nSPS) is 35.5. The van der Waals surface area contributed by atoms with Gasteiger partial charge in [0.25, 0.3) is 0 Å². The van der Waals surface area contributed by atoms with E-state index in [1.165, 1.54) is 0 Å². The highest BCUT2D eigenvalue weighted by molar-refractivity contribution is 6.74. The van der Waals surface area contributed by atoms with Gasteiger partial charge in [-0.3, -0.25) is 0 Å². The fraction of sp³-hybridized carbons (Fsp3) is 1.00. The molecule has 0 bridgehead atoms. The number of hydrogen-bond acceptors (Lipinski definition) is 5. The number of rotatable bonds is 3. The molecule has 0 spiro atoms. The second kappa shape index (κ2) is 6.01. The van der Waals surface area contributed by atoms with Crippen LogP contribution >= 0.6 is 0 Å². The van der Waals surface area contributed by atoms with E-state index < -0.39 is 39.0 Å². The molecule has 8 heteroatoms. The SMILES string of the molecule is C[C@H]1O[C@@H](O[Si](C)(C)C(C)(C)C)[C@H](N=[N+]=[N-])[C@@H](O)[C@@H]1O. The molecule has 0 aliphatic carbocycles. The van der Waals surface area contributed by atoms with Crippen molar-refractivity contribution in [2.75, 3.05) is 0 Å². The second-order valence-electron chi connectivity index (χ2n) is 6.76. The van der Waals surface area contributed by atoms with E-state index in [0.717, 1.165) is 0 Å². The first kappa shape index (κ1) is 17.4. The Hall–Kier alpha value is -0.633. The Balaban J connectivity index is 2.98. The molecule has 1 rings (SSSR count). The Labute approximate surface area is 120 Å². The van der Waals surface area contributed by atoms with Crippen molar-refractivity contribution in [2.24, 2.45) is 5.11 Å². The van der Waals surface area contributed by atoms with Crippen molar-refractivity contribution in [1.29, 1.82) is 0 Å². The largest absolute Gasteiger partial charge is 0.392 e. The quantitative estimate of drug-likeness (QED) is 0.360. The Morgan fingerprint density at radius 3 is 2.25 bits per heavy atom. The van der Waals surface area contributed by atoms with E-state index in [9.17, 15) is 10.2 Å². The Morgan fingerprint density at radius 1 is 1.25 bits per heavy atom. The van der Waals surface area contributed by atoms with Gasteiger partial charge in [0.1, 0.15) is 12.1 Å². The van der Waals surface area contributed by atoms with Gasteiger partial charge in [-0.05, 0) is 30.6 Å². The number of ether oxygens (including phenoxy) is 1. The van der Waals surface area contributed by atoms with Gasteiger partial charge < -0.3 is 19.4 Å². The van der Waals surface area contributed by atoms with Crippen LogP contribution in [0.5, 0.6) is 0 Å². The van der Waals surface area contributed by atoms with Crippen molar-refractivity contribution >= 4 is 8.32 Å². The average molecular weight is 303 g/mol. The van der Waals surface area contributed by atoms with E-state index in [2.05, 4.69) is 30.8 Å². The maximum absolute atomic E-state index is 10.0. The molecule has 20 heavy (non-hydrogen) atoms. The van der Waals surface area contributed by atoms with Crippen LogP contribution in [0.1, 0.15) is 27.7 Å². The molecule has 7 nitrogen and oxygen atoms in total. The van der Waals surface area contributed by atoms with Gasteiger partial charge in [0.05, 0.1) is 12.2 Å². The third-order valence-electron chi connectivity index (χ3n) is 4.21. The molecule has 0 aromatic rings. The van der Waals surface area contributed by atoms with Gasteiger partial charge in [0.2, 0.25) is 0 Å². The lowest BCUT2D eigenvalue weighted by atomic mass is 9.98. The summed E-state index contributed by atoms with van der Waals surface area (Å²) in [4.78, 5) is 2.72. The summed E-state index contributed by atoms with van der Waals surface area (Å²) in [7, 11) is -2.15. The molecule has 1 aliphatic rings. The molecule has 1 aliphatic heterocycles. The van der Waals surface area contributed by atoms with Gasteiger partial charge in [-0.25, -0.2) is 0 Å². The standard InChI is InChI=1S/C12H25N3O4Si/c1-7-9(16)10(17)8(14-15-13)11(18-7)19-20(5,6)12(2,3)4/h7-11,16-17H,1-6H3/t7-,8-,9-,10-,11+/m1/s1. The summed E-state index contributed by atoms with van der Waals surface area (Å²) in [5.74, 6) is 0. The third kappa shape index (κ3) is 3.52. The summed E-state index contributed by atoms with van der Waals surface area (Å²) >= 11 is 0. The summed E-state index contributed by atoms with van der Waals surface area (Å²) in [6.07, 6.45) is -3.70.